The van der Waals surface area contributed by atoms with Gasteiger partial charge in [-0.15, -0.1) is 0 Å². The molecule has 0 radical (unpaired) electrons. The number of aromatic nitrogens is 2. The van der Waals surface area contributed by atoms with Crippen LogP contribution in [0.2, 0.25) is 0 Å². The molecular weight excluding hydrogens is 347 g/mol. The lowest BCUT2D eigenvalue weighted by Gasteiger charge is -2.03. The van der Waals surface area contributed by atoms with E-state index in [1.165, 1.54) is 14.1 Å². The first-order chi connectivity index (χ1) is 8.52. The van der Waals surface area contributed by atoms with E-state index in [2.05, 4.69) is 0 Å². The molecule has 1 aromatic carbocycles. The molecule has 0 fully saturated rings. The Morgan fingerprint density at radius 1 is 1.06 bits per heavy atom. The Morgan fingerprint density at radius 2 is 1.67 bits per heavy atom. The van der Waals surface area contributed by atoms with Gasteiger partial charge >= 0.3 is 36.0 Å². The molecule has 0 spiro atoms. The molecule has 0 unspecified atom stereocenters. The van der Waals surface area contributed by atoms with Gasteiger partial charge < -0.3 is 5.11 Å². The minimum absolute atomic E-state index is 0.222. The van der Waals surface area contributed by atoms with E-state index in [9.17, 15) is 14.7 Å². The third kappa shape index (κ3) is 2.20. The lowest BCUT2D eigenvalue weighted by atomic mass is 10.4. The van der Waals surface area contributed by atoms with Crippen LogP contribution in [0.3, 0.4) is 0 Å². The Morgan fingerprint density at radius 3 is 2.28 bits per heavy atom. The number of aromatic hydroxyl groups is 1. The fraction of sp³-hybridized carbons (Fsp3) is 0.167. The third-order valence-corrected chi connectivity index (χ3v) is 5.34. The highest BCUT2D eigenvalue weighted by Crippen LogP contribution is 1.97. The second-order valence-corrected chi connectivity index (χ2v) is 6.60. The van der Waals surface area contributed by atoms with Crippen molar-refractivity contribution in [2.45, 2.75) is 0 Å². The van der Waals surface area contributed by atoms with E-state index in [-0.39, 0.29) is 5.88 Å². The van der Waals surface area contributed by atoms with Gasteiger partial charge in [-0.25, -0.2) is 4.79 Å². The summed E-state index contributed by atoms with van der Waals surface area (Å²) in [5.41, 5.74) is -0.925. The van der Waals surface area contributed by atoms with Crippen molar-refractivity contribution >= 4 is 0 Å². The normalized spacial score (nSPS) is 10.6. The molecule has 0 saturated heterocycles. The average molecular weight is 359 g/mol. The van der Waals surface area contributed by atoms with Crippen molar-refractivity contribution in [3.8, 4) is 5.88 Å². The molecule has 18 heavy (non-hydrogen) atoms. The largest absolute Gasteiger partial charge is 0.491 e. The van der Waals surface area contributed by atoms with Crippen LogP contribution in [-0.4, -0.2) is 14.2 Å². The molecule has 0 aliphatic carbocycles. The van der Waals surface area contributed by atoms with E-state index in [1.54, 1.807) is 0 Å². The molecule has 0 saturated carbocycles. The standard InChI is InChI=1S/C12H11IN2O3/c1-14-10(16)9(11(17)15(2)12(14)18)13-8-6-4-3-5-7-8/h3-7H,1-2H3/p+1. The summed E-state index contributed by atoms with van der Waals surface area (Å²) >= 11 is -0.804. The summed E-state index contributed by atoms with van der Waals surface area (Å²) < 4.78 is 3.48. The molecular formula is C12H12IN2O3+. The molecule has 0 aliphatic rings. The average Bonchev–Trinajstić information content (AvgIpc) is 2.40. The van der Waals surface area contributed by atoms with Crippen molar-refractivity contribution in [3.05, 3.63) is 58.3 Å². The van der Waals surface area contributed by atoms with E-state index in [0.29, 0.717) is 3.57 Å². The number of benzene rings is 1. The first kappa shape index (κ1) is 12.9. The Bertz CT molecular complexity index is 689. The van der Waals surface area contributed by atoms with Crippen LogP contribution in [0.1, 0.15) is 0 Å². The van der Waals surface area contributed by atoms with E-state index < -0.39 is 32.5 Å². The summed E-state index contributed by atoms with van der Waals surface area (Å²) in [6, 6.07) is 9.50. The first-order valence-corrected chi connectivity index (χ1v) is 7.37. The molecule has 1 N–H and O–H groups in total. The van der Waals surface area contributed by atoms with Crippen LogP contribution in [0.15, 0.2) is 39.9 Å². The molecule has 0 aliphatic heterocycles. The van der Waals surface area contributed by atoms with Gasteiger partial charge in [0.15, 0.2) is 3.57 Å². The highest BCUT2D eigenvalue weighted by Gasteiger charge is 2.28. The summed E-state index contributed by atoms with van der Waals surface area (Å²) in [6.45, 7) is 0. The van der Waals surface area contributed by atoms with E-state index in [4.69, 9.17) is 0 Å². The minimum atomic E-state index is -0.804. The minimum Gasteiger partial charge on any atom is -0.491 e. The maximum absolute atomic E-state index is 12.0. The van der Waals surface area contributed by atoms with E-state index >= 15 is 0 Å². The monoisotopic (exact) mass is 359 g/mol. The predicted octanol–water partition coefficient (Wildman–Crippen LogP) is -3.08. The lowest BCUT2D eigenvalue weighted by Crippen LogP contribution is -3.62. The third-order valence-electron chi connectivity index (χ3n) is 2.52. The fourth-order valence-corrected chi connectivity index (χ4v) is 4.06. The van der Waals surface area contributed by atoms with Gasteiger partial charge in [-0.05, 0) is 12.1 Å². The Hall–Kier alpha value is -1.57. The maximum atomic E-state index is 12.0. The zero-order valence-electron chi connectivity index (χ0n) is 9.92. The Labute approximate surface area is 114 Å². The van der Waals surface area contributed by atoms with Gasteiger partial charge in [-0.3, -0.25) is 13.9 Å². The smallest absolute Gasteiger partial charge is 0.370 e. The molecule has 2 rings (SSSR count). The number of hydrogen-bond acceptors (Lipinski definition) is 3. The molecule has 0 amide bonds. The highest BCUT2D eigenvalue weighted by atomic mass is 127. The van der Waals surface area contributed by atoms with Gasteiger partial charge in [0.2, 0.25) is 0 Å². The quantitative estimate of drug-likeness (QED) is 0.579. The van der Waals surface area contributed by atoms with Crippen molar-refractivity contribution in [2.24, 2.45) is 14.1 Å². The Balaban J connectivity index is 2.59. The number of hydrogen-bond donors (Lipinski definition) is 1. The molecule has 6 heteroatoms. The van der Waals surface area contributed by atoms with E-state index in [1.807, 2.05) is 30.3 Å². The van der Waals surface area contributed by atoms with Crippen molar-refractivity contribution in [3.63, 3.8) is 0 Å². The van der Waals surface area contributed by atoms with Crippen LogP contribution in [0, 0.1) is 7.14 Å². The van der Waals surface area contributed by atoms with Crippen molar-refractivity contribution in [1.82, 2.24) is 9.13 Å². The van der Waals surface area contributed by atoms with Crippen LogP contribution in [0.25, 0.3) is 0 Å². The van der Waals surface area contributed by atoms with Crippen LogP contribution >= 0.6 is 0 Å². The summed E-state index contributed by atoms with van der Waals surface area (Å²) in [5.74, 6) is -0.222. The summed E-state index contributed by atoms with van der Waals surface area (Å²) in [7, 11) is 2.87. The van der Waals surface area contributed by atoms with Crippen molar-refractivity contribution in [1.29, 1.82) is 0 Å². The Kier molecular flexibility index (Phi) is 3.55. The second-order valence-electron chi connectivity index (χ2n) is 3.73. The summed E-state index contributed by atoms with van der Waals surface area (Å²) in [5, 5.41) is 9.92. The number of rotatable bonds is 2. The van der Waals surface area contributed by atoms with Crippen molar-refractivity contribution < 1.29 is 26.3 Å². The maximum Gasteiger partial charge on any atom is 0.370 e. The second kappa shape index (κ2) is 4.97. The zero-order chi connectivity index (χ0) is 13.3. The number of nitrogens with zero attached hydrogens (tertiary/aromatic N) is 2. The molecule has 2 aromatic rings. The van der Waals surface area contributed by atoms with Gasteiger partial charge in [0.25, 0.3) is 5.88 Å². The predicted molar refractivity (Wildman–Crippen MR) is 62.4 cm³/mol. The van der Waals surface area contributed by atoms with Crippen LogP contribution in [0.4, 0.5) is 0 Å². The molecule has 1 aromatic heterocycles. The first-order valence-electron chi connectivity index (χ1n) is 5.21. The summed E-state index contributed by atoms with van der Waals surface area (Å²) in [4.78, 5) is 23.6. The van der Waals surface area contributed by atoms with Gasteiger partial charge in [0.05, 0.1) is 0 Å². The molecule has 5 nitrogen and oxygen atoms in total. The molecule has 0 bridgehead atoms. The van der Waals surface area contributed by atoms with Gasteiger partial charge in [0.1, 0.15) is 0 Å². The van der Waals surface area contributed by atoms with Gasteiger partial charge in [0, 0.05) is 14.1 Å². The van der Waals surface area contributed by atoms with E-state index in [0.717, 1.165) is 12.7 Å². The molecule has 1 heterocycles. The zero-order valence-corrected chi connectivity index (χ0v) is 12.1. The highest BCUT2D eigenvalue weighted by molar-refractivity contribution is 5.07. The van der Waals surface area contributed by atoms with Crippen LogP contribution < -0.4 is 32.5 Å². The molecule has 94 valence electrons. The van der Waals surface area contributed by atoms with Crippen LogP contribution in [-0.2, 0) is 14.1 Å². The van der Waals surface area contributed by atoms with Gasteiger partial charge in [-0.1, -0.05) is 18.2 Å². The van der Waals surface area contributed by atoms with Gasteiger partial charge in [-0.2, -0.15) is 0 Å². The van der Waals surface area contributed by atoms with Crippen LogP contribution in [0.5, 0.6) is 5.88 Å². The van der Waals surface area contributed by atoms with Crippen molar-refractivity contribution in [2.75, 3.05) is 0 Å². The fourth-order valence-electron chi connectivity index (χ4n) is 1.46. The SMILES string of the molecule is Cn1c(O)c([I+]c2ccccc2)c(=O)n(C)c1=O. The lowest BCUT2D eigenvalue weighted by molar-refractivity contribution is -0.600. The molecule has 0 atom stereocenters. The summed E-state index contributed by atoms with van der Waals surface area (Å²) in [6.07, 6.45) is 0. The topological polar surface area (TPSA) is 64.2 Å². The number of halogens is 1.